The number of halogens is 18. The molecular formula is C53H98F18O23Si5. The van der Waals surface area contributed by atoms with Crippen LogP contribution in [0.1, 0.15) is 89.9 Å². The predicted octanol–water partition coefficient (Wildman–Crippen LogP) is 12.3. The van der Waals surface area contributed by atoms with Crippen LogP contribution < -0.4 is 0 Å². The third-order valence-electron chi connectivity index (χ3n) is 15.7. The number of carbonyl (C=O) groups excluding carboxylic acids is 1. The van der Waals surface area contributed by atoms with Crippen molar-refractivity contribution in [1.29, 1.82) is 0 Å². The Morgan fingerprint density at radius 1 is 0.273 bits per heavy atom. The van der Waals surface area contributed by atoms with E-state index in [-0.39, 0.29) is 81.6 Å². The van der Waals surface area contributed by atoms with Crippen molar-refractivity contribution >= 4 is 50.0 Å². The van der Waals surface area contributed by atoms with E-state index in [4.69, 9.17) is 71.1 Å². The Bertz CT molecular complexity index is 2110. The normalized spacial score (nSPS) is 14.6. The Hall–Kier alpha value is -1.55. The van der Waals surface area contributed by atoms with Crippen molar-refractivity contribution in [2.24, 2.45) is 5.41 Å². The summed E-state index contributed by atoms with van der Waals surface area (Å²) in [5.41, 5.74) is -4.11. The van der Waals surface area contributed by atoms with E-state index in [9.17, 15) is 61.5 Å². The van der Waals surface area contributed by atoms with Gasteiger partial charge in [0.25, 0.3) is 23.7 Å². The van der Waals surface area contributed by atoms with Gasteiger partial charge in [-0.15, -0.1) is 0 Å². The molecule has 0 spiro atoms. The van der Waals surface area contributed by atoms with Gasteiger partial charge in [-0.1, -0.05) is 0 Å². The lowest BCUT2D eigenvalue weighted by molar-refractivity contribution is -0.402. The topological polar surface area (TPSA) is 220 Å². The molecule has 46 heteroatoms. The maximum atomic E-state index is 17.1. The van der Waals surface area contributed by atoms with Crippen LogP contribution in [0.4, 0.5) is 79.0 Å². The minimum absolute atomic E-state index is 0.0879. The molecule has 0 radical (unpaired) electrons. The highest BCUT2D eigenvalue weighted by molar-refractivity contribution is 6.62. The van der Waals surface area contributed by atoms with Gasteiger partial charge in [0, 0.05) is 144 Å². The summed E-state index contributed by atoms with van der Waals surface area (Å²) in [4.78, 5) is 15.9. The molecule has 0 aromatic rings. The van der Waals surface area contributed by atoms with Crippen molar-refractivity contribution < 1.29 is 183 Å². The SMILES string of the molecule is COC(F)(F)COCC(F)(F)CC(F)(F)CC(F)(F)OC(F)(F)COCC(F)(F)CC(F)(F)OC(F)(F)COCC(F)(F)CC(CCC[Si](OC)(OC)OC)(CCC[Si](OC)(OC)OC)OC(=O)C(CCC[Si](OC)(OC)OC)(CCC[Si](OC)(OC)OC)CCC[Si](OC)(OC)OC. The van der Waals surface area contributed by atoms with Crippen molar-refractivity contribution in [2.45, 2.75) is 180 Å². The third-order valence-corrected chi connectivity index (χ3v) is 29.9. The largest absolute Gasteiger partial charge is 0.500 e. The summed E-state index contributed by atoms with van der Waals surface area (Å²) in [5.74, 6) is -20.9. The Morgan fingerprint density at radius 2 is 0.505 bits per heavy atom. The van der Waals surface area contributed by atoms with E-state index in [0.29, 0.717) is 7.11 Å². The van der Waals surface area contributed by atoms with E-state index in [1.807, 2.05) is 0 Å². The zero-order valence-electron chi connectivity index (χ0n) is 58.4. The van der Waals surface area contributed by atoms with E-state index in [1.54, 1.807) is 0 Å². The van der Waals surface area contributed by atoms with Crippen LogP contribution in [0.3, 0.4) is 0 Å². The Kier molecular flexibility index (Phi) is 41.5. The summed E-state index contributed by atoms with van der Waals surface area (Å²) in [6.45, 7) is -14.3. The first-order chi connectivity index (χ1) is 45.5. The van der Waals surface area contributed by atoms with Crippen molar-refractivity contribution in [2.75, 3.05) is 153 Å². The standard InChI is InChI=1S/C53H98F18O23Si5/c1-73-51(66,67)39-89-37-47(58,59)33-45(54,55)34-49(62,63)93-52(68,69)41-91-38-48(60,61)35-50(64,65)94-53(70,71)40-90-36-46(56,57)32-44(25-20-30-98(83-11,84-12)85-13,26-21-31-99(86-14,87-15)88-16)92-42(72)43(22-17-27-95(74-2,75-3)76-4,23-18-28-96(77-5,78-6)79-7)24-19-29-97(80-8,81-9)82-10/h17-41H2,1-16H3. The number of alkyl halides is 18. The van der Waals surface area contributed by atoms with Crippen LogP contribution in [0.5, 0.6) is 0 Å². The van der Waals surface area contributed by atoms with Gasteiger partial charge in [0.15, 0.2) is 0 Å². The first-order valence-corrected chi connectivity index (χ1v) is 39.8. The smallest absolute Gasteiger partial charge is 0.458 e. The number of hydrogen-bond donors (Lipinski definition) is 0. The van der Waals surface area contributed by atoms with Crippen LogP contribution >= 0.6 is 0 Å². The van der Waals surface area contributed by atoms with Gasteiger partial charge in [-0.05, 0) is 64.2 Å². The summed E-state index contributed by atoms with van der Waals surface area (Å²) < 4.78 is 376. The molecule has 0 saturated heterocycles. The fourth-order valence-electron chi connectivity index (χ4n) is 10.6. The fourth-order valence-corrected chi connectivity index (χ4v) is 19.3. The number of rotatable bonds is 62. The van der Waals surface area contributed by atoms with Gasteiger partial charge in [0.1, 0.15) is 58.1 Å². The fraction of sp³-hybridized carbons (Fsp3) is 0.981. The molecule has 594 valence electrons. The minimum atomic E-state index is -5.80. The van der Waals surface area contributed by atoms with Crippen LogP contribution in [-0.2, 0) is 104 Å². The van der Waals surface area contributed by atoms with E-state index in [2.05, 4.69) is 28.4 Å². The maximum absolute atomic E-state index is 17.1. The molecule has 0 amide bonds. The van der Waals surface area contributed by atoms with Crippen LogP contribution in [0.2, 0.25) is 30.2 Å². The van der Waals surface area contributed by atoms with Gasteiger partial charge < -0.3 is 90.1 Å². The molecule has 99 heavy (non-hydrogen) atoms. The molecule has 0 aromatic heterocycles. The van der Waals surface area contributed by atoms with E-state index >= 15 is 22.4 Å². The van der Waals surface area contributed by atoms with Gasteiger partial charge in [0.2, 0.25) is 0 Å². The Balaban J connectivity index is 7.47. The zero-order chi connectivity index (χ0) is 76.8. The van der Waals surface area contributed by atoms with Crippen molar-refractivity contribution in [3.63, 3.8) is 0 Å². The highest BCUT2D eigenvalue weighted by Crippen LogP contribution is 2.47. The van der Waals surface area contributed by atoms with Crippen LogP contribution in [0.25, 0.3) is 0 Å². The van der Waals surface area contributed by atoms with Crippen molar-refractivity contribution in [1.82, 2.24) is 0 Å². The summed E-state index contributed by atoms with van der Waals surface area (Å²) in [6.07, 6.45) is -39.2. The lowest BCUT2D eigenvalue weighted by atomic mass is 9.75. The van der Waals surface area contributed by atoms with Crippen molar-refractivity contribution in [3.05, 3.63) is 0 Å². The maximum Gasteiger partial charge on any atom is 0.500 e. The molecule has 0 aliphatic rings. The summed E-state index contributed by atoms with van der Waals surface area (Å²) >= 11 is 0. The molecule has 0 heterocycles. The lowest BCUT2D eigenvalue weighted by Gasteiger charge is -2.42. The third kappa shape index (κ3) is 34.7. The highest BCUT2D eigenvalue weighted by Gasteiger charge is 2.57. The second-order valence-corrected chi connectivity index (χ2v) is 38.3. The Morgan fingerprint density at radius 3 is 0.768 bits per heavy atom. The first kappa shape index (κ1) is 97.5. The Labute approximate surface area is 570 Å². The van der Waals surface area contributed by atoms with E-state index < -0.39 is 193 Å². The predicted molar refractivity (Wildman–Crippen MR) is 320 cm³/mol. The van der Waals surface area contributed by atoms with Gasteiger partial charge in [-0.3, -0.25) is 14.3 Å². The van der Waals surface area contributed by atoms with Gasteiger partial charge in [0.05, 0.1) is 18.3 Å². The molecule has 0 saturated carbocycles. The average Bonchev–Trinajstić information content (AvgIpc) is 0.793. The molecule has 23 nitrogen and oxygen atoms in total. The monoisotopic (exact) mass is 1580 g/mol. The number of ether oxygens (including phenoxy) is 7. The second-order valence-electron chi connectivity index (χ2n) is 22.8. The molecule has 0 fully saturated rings. The molecule has 0 bridgehead atoms. The lowest BCUT2D eigenvalue weighted by Crippen LogP contribution is -2.49. The van der Waals surface area contributed by atoms with E-state index in [1.165, 1.54) is 107 Å². The number of esters is 1. The average molecular weight is 1590 g/mol. The van der Waals surface area contributed by atoms with Crippen LogP contribution in [0.15, 0.2) is 0 Å². The quantitative estimate of drug-likeness (QED) is 0.0314. The molecule has 0 aromatic carbocycles. The number of carbonyl (C=O) groups is 1. The summed E-state index contributed by atoms with van der Waals surface area (Å²) in [5, 5.41) is 0. The minimum Gasteiger partial charge on any atom is -0.458 e. The molecule has 0 unspecified atom stereocenters. The van der Waals surface area contributed by atoms with Gasteiger partial charge in [-0.2, -0.15) is 43.9 Å². The molecule has 0 rings (SSSR count). The highest BCUT2D eigenvalue weighted by atomic mass is 28.4. The molecule has 0 aliphatic carbocycles. The van der Waals surface area contributed by atoms with Crippen LogP contribution in [-0.4, -0.2) is 263 Å². The molecule has 0 N–H and O–H groups in total. The summed E-state index contributed by atoms with van der Waals surface area (Å²) in [7, 11) is 2.58. The van der Waals surface area contributed by atoms with Gasteiger partial charge >= 0.3 is 80.5 Å². The molecular weight excluding hydrogens is 1490 g/mol. The van der Waals surface area contributed by atoms with E-state index in [0.717, 1.165) is 0 Å². The van der Waals surface area contributed by atoms with Crippen molar-refractivity contribution in [3.8, 4) is 0 Å². The molecule has 0 atom stereocenters. The first-order valence-electron chi connectivity index (χ1n) is 30.1. The summed E-state index contributed by atoms with van der Waals surface area (Å²) in [6, 6.07) is 0.00655. The second kappa shape index (κ2) is 42.1. The number of hydrogen-bond acceptors (Lipinski definition) is 23. The van der Waals surface area contributed by atoms with Gasteiger partial charge in [-0.25, -0.2) is 35.1 Å². The number of methoxy groups -OCH3 is 1. The zero-order valence-corrected chi connectivity index (χ0v) is 63.4. The molecule has 0 aliphatic heterocycles. The van der Waals surface area contributed by atoms with Crippen LogP contribution in [0, 0.1) is 5.41 Å².